The highest BCUT2D eigenvalue weighted by Gasteiger charge is 2.18. The summed E-state index contributed by atoms with van der Waals surface area (Å²) >= 11 is 0. The Kier molecular flexibility index (Phi) is 53.6. The van der Waals surface area contributed by atoms with Crippen LogP contribution in [-0.2, 0) is 14.3 Å². The lowest BCUT2D eigenvalue weighted by atomic mass is 10.0. The molecule has 0 bridgehead atoms. The van der Waals surface area contributed by atoms with Crippen LogP contribution >= 0.6 is 0 Å². The number of rotatable bonds is 53. The van der Waals surface area contributed by atoms with Crippen LogP contribution in [0.3, 0.4) is 0 Å². The summed E-state index contributed by atoms with van der Waals surface area (Å²) in [4.78, 5) is 24.5. The number of hydrogen-bond acceptors (Lipinski definition) is 5. The molecule has 0 aliphatic carbocycles. The Labute approximate surface area is 410 Å². The Hall–Kier alpha value is -2.18. The van der Waals surface area contributed by atoms with Gasteiger partial charge in [-0.2, -0.15) is 0 Å². The molecule has 3 N–H and O–H groups in total. The van der Waals surface area contributed by atoms with Crippen LogP contribution in [0.5, 0.6) is 0 Å². The lowest BCUT2D eigenvalue weighted by Crippen LogP contribution is -2.45. The first-order valence-electron chi connectivity index (χ1n) is 28.9. The number of esters is 1. The predicted molar refractivity (Wildman–Crippen MR) is 287 cm³/mol. The summed E-state index contributed by atoms with van der Waals surface area (Å²) in [5.41, 5.74) is 0. The number of aliphatic hydroxyl groups is 2. The quantitative estimate of drug-likeness (QED) is 0.0321. The van der Waals surface area contributed by atoms with E-state index < -0.39 is 12.1 Å². The van der Waals surface area contributed by atoms with E-state index in [4.69, 9.17) is 4.74 Å². The molecule has 0 aliphatic heterocycles. The second kappa shape index (κ2) is 55.4. The van der Waals surface area contributed by atoms with Gasteiger partial charge in [-0.3, -0.25) is 9.59 Å². The summed E-state index contributed by atoms with van der Waals surface area (Å²) in [6, 6.07) is -0.640. The lowest BCUT2D eigenvalue weighted by molar-refractivity contribution is -0.143. The third-order valence-electron chi connectivity index (χ3n) is 13.1. The molecule has 2 atom stereocenters. The summed E-state index contributed by atoms with van der Waals surface area (Å²) < 4.78 is 5.47. The zero-order chi connectivity index (χ0) is 47.9. The minimum atomic E-state index is -0.855. The molecule has 2 unspecified atom stereocenters. The van der Waals surface area contributed by atoms with Gasteiger partial charge in [-0.15, -0.1) is 0 Å². The molecule has 0 spiro atoms. The molecule has 0 saturated carbocycles. The van der Waals surface area contributed by atoms with E-state index in [2.05, 4.69) is 55.6 Å². The fourth-order valence-corrected chi connectivity index (χ4v) is 8.60. The molecule has 66 heavy (non-hydrogen) atoms. The SMILES string of the molecule is CCCCC/C=C\C/C=C\CCCCCCCCCCCC(=O)OCCCCCC/C=C\CCCCCCCCCC(=O)NC(CO)C(O)/C=C/CCCCCCCCCCCCCCC. The highest BCUT2D eigenvalue weighted by Crippen LogP contribution is 2.16. The van der Waals surface area contributed by atoms with Crippen LogP contribution in [0.1, 0.15) is 296 Å². The van der Waals surface area contributed by atoms with Crippen LogP contribution < -0.4 is 5.32 Å². The number of nitrogens with one attached hydrogen (secondary N) is 1. The second-order valence-corrected chi connectivity index (χ2v) is 19.6. The van der Waals surface area contributed by atoms with Crippen molar-refractivity contribution >= 4 is 11.9 Å². The molecule has 0 aromatic heterocycles. The number of aliphatic hydroxyl groups excluding tert-OH is 2. The third-order valence-corrected chi connectivity index (χ3v) is 13.1. The van der Waals surface area contributed by atoms with Crippen LogP contribution in [0.4, 0.5) is 0 Å². The Morgan fingerprint density at radius 2 is 0.758 bits per heavy atom. The monoisotopic (exact) mass is 926 g/mol. The molecule has 0 aromatic rings. The maximum Gasteiger partial charge on any atom is 0.305 e. The van der Waals surface area contributed by atoms with Crippen molar-refractivity contribution in [3.05, 3.63) is 48.6 Å². The first kappa shape index (κ1) is 63.8. The predicted octanol–water partition coefficient (Wildman–Crippen LogP) is 17.8. The van der Waals surface area contributed by atoms with E-state index in [0.29, 0.717) is 19.4 Å². The molecule has 6 nitrogen and oxygen atoms in total. The molecule has 6 heteroatoms. The van der Waals surface area contributed by atoms with Gasteiger partial charge in [0.2, 0.25) is 5.91 Å². The van der Waals surface area contributed by atoms with Crippen molar-refractivity contribution in [2.24, 2.45) is 0 Å². The highest BCUT2D eigenvalue weighted by molar-refractivity contribution is 5.76. The van der Waals surface area contributed by atoms with E-state index >= 15 is 0 Å². The third kappa shape index (κ3) is 51.2. The number of hydrogen-bond donors (Lipinski definition) is 3. The van der Waals surface area contributed by atoms with Crippen LogP contribution in [0.2, 0.25) is 0 Å². The Balaban J connectivity index is 3.49. The minimum absolute atomic E-state index is 0.0154. The van der Waals surface area contributed by atoms with Crippen molar-refractivity contribution in [3.8, 4) is 0 Å². The van der Waals surface area contributed by atoms with Gasteiger partial charge < -0.3 is 20.3 Å². The van der Waals surface area contributed by atoms with Gasteiger partial charge in [-0.1, -0.05) is 242 Å². The first-order chi connectivity index (χ1) is 32.5. The first-order valence-corrected chi connectivity index (χ1v) is 28.9. The number of allylic oxidation sites excluding steroid dienone is 7. The Bertz CT molecular complexity index is 1110. The number of carbonyl (C=O) groups excluding carboxylic acids is 2. The zero-order valence-corrected chi connectivity index (χ0v) is 43.9. The molecular formula is C60H111NO5. The summed E-state index contributed by atoms with van der Waals surface area (Å²) in [7, 11) is 0. The second-order valence-electron chi connectivity index (χ2n) is 19.6. The fraction of sp³-hybridized carbons (Fsp3) is 0.833. The van der Waals surface area contributed by atoms with Gasteiger partial charge in [0.1, 0.15) is 0 Å². The topological polar surface area (TPSA) is 95.9 Å². The van der Waals surface area contributed by atoms with Gasteiger partial charge in [-0.25, -0.2) is 0 Å². The fourth-order valence-electron chi connectivity index (χ4n) is 8.60. The summed E-state index contributed by atoms with van der Waals surface area (Å²) in [5.74, 6) is -0.0989. The highest BCUT2D eigenvalue weighted by atomic mass is 16.5. The Morgan fingerprint density at radius 1 is 0.424 bits per heavy atom. The van der Waals surface area contributed by atoms with Crippen molar-refractivity contribution in [3.63, 3.8) is 0 Å². The van der Waals surface area contributed by atoms with Crippen LogP contribution in [-0.4, -0.2) is 47.4 Å². The standard InChI is InChI=1S/C60H111NO5/c1-3-5-7-9-11-13-15-17-19-20-21-22-26-30-34-38-42-46-50-54-60(65)66-55-51-47-43-39-35-31-27-23-25-29-33-37-41-45-49-53-59(64)61-57(56-62)58(63)52-48-44-40-36-32-28-24-18-16-14-12-10-8-6-4-2/h11,13,17,19,27,31,48,52,57-58,62-63H,3-10,12,14-16,18,20-26,28-30,32-47,49-51,53-56H2,1-2H3,(H,61,64)/b13-11-,19-17-,31-27-,52-48+. The number of carbonyl (C=O) groups is 2. The summed E-state index contributed by atoms with van der Waals surface area (Å²) in [6.07, 6.45) is 69.8. The summed E-state index contributed by atoms with van der Waals surface area (Å²) in [5, 5.41) is 23.1. The molecule has 0 aromatic carbocycles. The lowest BCUT2D eigenvalue weighted by Gasteiger charge is -2.20. The van der Waals surface area contributed by atoms with E-state index in [-0.39, 0.29) is 18.5 Å². The van der Waals surface area contributed by atoms with Gasteiger partial charge in [0.15, 0.2) is 0 Å². The van der Waals surface area contributed by atoms with E-state index in [9.17, 15) is 19.8 Å². The van der Waals surface area contributed by atoms with E-state index in [0.717, 1.165) is 77.0 Å². The number of unbranched alkanes of at least 4 members (excludes halogenated alkanes) is 36. The molecule has 0 rings (SSSR count). The molecule has 0 fully saturated rings. The van der Waals surface area contributed by atoms with Crippen molar-refractivity contribution in [1.29, 1.82) is 0 Å². The van der Waals surface area contributed by atoms with Gasteiger partial charge in [-0.05, 0) is 89.9 Å². The van der Waals surface area contributed by atoms with Crippen molar-refractivity contribution in [2.45, 2.75) is 309 Å². The average Bonchev–Trinajstić information content (AvgIpc) is 3.32. The minimum Gasteiger partial charge on any atom is -0.466 e. The molecule has 386 valence electrons. The van der Waals surface area contributed by atoms with E-state index in [1.165, 1.54) is 193 Å². The van der Waals surface area contributed by atoms with E-state index in [1.807, 2.05) is 6.08 Å². The number of ether oxygens (including phenoxy) is 1. The van der Waals surface area contributed by atoms with Gasteiger partial charge in [0, 0.05) is 12.8 Å². The molecule has 0 aliphatic rings. The van der Waals surface area contributed by atoms with Crippen LogP contribution in [0.15, 0.2) is 48.6 Å². The van der Waals surface area contributed by atoms with Crippen LogP contribution in [0.25, 0.3) is 0 Å². The molecule has 0 radical (unpaired) electrons. The maximum atomic E-state index is 12.4. The molecule has 1 amide bonds. The van der Waals surface area contributed by atoms with Crippen molar-refractivity contribution < 1.29 is 24.5 Å². The summed E-state index contributed by atoms with van der Waals surface area (Å²) in [6.45, 7) is 4.84. The van der Waals surface area contributed by atoms with Gasteiger partial charge in [0.05, 0.1) is 25.4 Å². The number of amides is 1. The van der Waals surface area contributed by atoms with Crippen molar-refractivity contribution in [1.82, 2.24) is 5.32 Å². The Morgan fingerprint density at radius 3 is 1.20 bits per heavy atom. The molecular weight excluding hydrogens is 815 g/mol. The molecule has 0 heterocycles. The van der Waals surface area contributed by atoms with Crippen molar-refractivity contribution in [2.75, 3.05) is 13.2 Å². The van der Waals surface area contributed by atoms with Gasteiger partial charge >= 0.3 is 5.97 Å². The van der Waals surface area contributed by atoms with Crippen LogP contribution in [0, 0.1) is 0 Å². The smallest absolute Gasteiger partial charge is 0.305 e. The van der Waals surface area contributed by atoms with Gasteiger partial charge in [0.25, 0.3) is 0 Å². The average molecular weight is 927 g/mol. The zero-order valence-electron chi connectivity index (χ0n) is 43.9. The normalized spacial score (nSPS) is 13.0. The maximum absolute atomic E-state index is 12.4. The largest absolute Gasteiger partial charge is 0.466 e. The van der Waals surface area contributed by atoms with E-state index in [1.54, 1.807) is 6.08 Å². The molecule has 0 saturated heterocycles.